The van der Waals surface area contributed by atoms with E-state index in [-0.39, 0.29) is 0 Å². The van der Waals surface area contributed by atoms with E-state index in [1.807, 2.05) is 0 Å². The highest BCUT2D eigenvalue weighted by molar-refractivity contribution is 7.99. The molecule has 74 valence electrons. The van der Waals surface area contributed by atoms with Gasteiger partial charge in [0, 0.05) is 0 Å². The molecule has 0 unspecified atom stereocenters. The molecule has 0 aromatic carbocycles. The Labute approximate surface area is 82.5 Å². The molecule has 12 heavy (non-hydrogen) atoms. The predicted octanol–water partition coefficient (Wildman–Crippen LogP) is 4.35. The van der Waals surface area contributed by atoms with E-state index in [4.69, 9.17) is 0 Å². The molecule has 0 aliphatic rings. The molecule has 0 radical (unpaired) electrons. The number of thioether (sulfide) groups is 1. The van der Waals surface area contributed by atoms with Crippen LogP contribution >= 0.6 is 11.8 Å². The average molecular weight is 188 g/mol. The lowest BCUT2D eigenvalue weighted by Gasteiger charge is -2.03. The summed E-state index contributed by atoms with van der Waals surface area (Å²) in [7, 11) is 0. The van der Waals surface area contributed by atoms with Gasteiger partial charge < -0.3 is 0 Å². The highest BCUT2D eigenvalue weighted by Gasteiger charge is 1.93. The molecule has 0 saturated carbocycles. The Balaban J connectivity index is 2.82. The molecule has 0 bridgehead atoms. The van der Waals surface area contributed by atoms with Crippen molar-refractivity contribution in [1.82, 2.24) is 0 Å². The molecule has 0 heterocycles. The van der Waals surface area contributed by atoms with Crippen LogP contribution in [0.25, 0.3) is 0 Å². The van der Waals surface area contributed by atoms with Crippen molar-refractivity contribution in [1.29, 1.82) is 0 Å². The average Bonchev–Trinajstić information content (AvgIpc) is 2.02. The van der Waals surface area contributed by atoms with Crippen molar-refractivity contribution in [3.05, 3.63) is 0 Å². The molecule has 0 aliphatic carbocycles. The smallest absolute Gasteiger partial charge is 0.00675 e. The number of unbranched alkanes of at least 4 members (excludes halogenated alkanes) is 2. The second-order valence-electron chi connectivity index (χ2n) is 3.86. The first-order valence-electron chi connectivity index (χ1n) is 5.35. The summed E-state index contributed by atoms with van der Waals surface area (Å²) >= 11 is 2.11. The van der Waals surface area contributed by atoms with Crippen LogP contribution in [0, 0.1) is 5.92 Å². The van der Waals surface area contributed by atoms with Crippen molar-refractivity contribution in [2.24, 2.45) is 5.92 Å². The molecule has 0 aromatic heterocycles. The lowest BCUT2D eigenvalue weighted by molar-refractivity contribution is 0.535. The van der Waals surface area contributed by atoms with Gasteiger partial charge in [0.2, 0.25) is 0 Å². The SMILES string of the molecule is CCCSCCCCCC(C)C. The number of rotatable bonds is 8. The van der Waals surface area contributed by atoms with Crippen LogP contribution in [0.4, 0.5) is 0 Å². The van der Waals surface area contributed by atoms with Gasteiger partial charge in [0.25, 0.3) is 0 Å². The molecular weight excluding hydrogens is 164 g/mol. The lowest BCUT2D eigenvalue weighted by Crippen LogP contribution is -1.88. The van der Waals surface area contributed by atoms with E-state index in [0.29, 0.717) is 0 Å². The van der Waals surface area contributed by atoms with E-state index in [1.54, 1.807) is 0 Å². The van der Waals surface area contributed by atoms with E-state index < -0.39 is 0 Å². The Morgan fingerprint density at radius 1 is 1.00 bits per heavy atom. The maximum Gasteiger partial charge on any atom is -0.00675 e. The van der Waals surface area contributed by atoms with Gasteiger partial charge in [-0.3, -0.25) is 0 Å². The second-order valence-corrected chi connectivity index (χ2v) is 5.08. The summed E-state index contributed by atoms with van der Waals surface area (Å²) in [5, 5.41) is 0. The van der Waals surface area contributed by atoms with Gasteiger partial charge in [-0.2, -0.15) is 11.8 Å². The standard InChI is InChI=1S/C11H24S/c1-4-9-12-10-7-5-6-8-11(2)3/h11H,4-10H2,1-3H3. The van der Waals surface area contributed by atoms with E-state index in [9.17, 15) is 0 Å². The number of hydrogen-bond donors (Lipinski definition) is 0. The fourth-order valence-electron chi connectivity index (χ4n) is 1.18. The molecular formula is C11H24S. The van der Waals surface area contributed by atoms with Gasteiger partial charge in [0.05, 0.1) is 0 Å². The summed E-state index contributed by atoms with van der Waals surface area (Å²) in [5.74, 6) is 3.63. The summed E-state index contributed by atoms with van der Waals surface area (Å²) in [6.45, 7) is 6.88. The molecule has 0 saturated heterocycles. The van der Waals surface area contributed by atoms with Crippen LogP contribution in [0.5, 0.6) is 0 Å². The molecule has 1 heteroatoms. The topological polar surface area (TPSA) is 0 Å². The largest absolute Gasteiger partial charge is 0.162 e. The fourth-order valence-corrected chi connectivity index (χ4v) is 2.08. The zero-order valence-corrected chi connectivity index (χ0v) is 9.75. The van der Waals surface area contributed by atoms with Crippen LogP contribution in [0.15, 0.2) is 0 Å². The Kier molecular flexibility index (Phi) is 9.71. The van der Waals surface area contributed by atoms with Crippen LogP contribution in [-0.4, -0.2) is 11.5 Å². The molecule has 0 N–H and O–H groups in total. The third-order valence-corrected chi connectivity index (χ3v) is 3.19. The molecule has 0 nitrogen and oxygen atoms in total. The zero-order chi connectivity index (χ0) is 9.23. The van der Waals surface area contributed by atoms with Gasteiger partial charge in [-0.05, 0) is 30.3 Å². The zero-order valence-electron chi connectivity index (χ0n) is 8.94. The summed E-state index contributed by atoms with van der Waals surface area (Å²) in [4.78, 5) is 0. The van der Waals surface area contributed by atoms with Gasteiger partial charge >= 0.3 is 0 Å². The highest BCUT2D eigenvalue weighted by Crippen LogP contribution is 2.11. The predicted molar refractivity (Wildman–Crippen MR) is 60.9 cm³/mol. The molecule has 0 aliphatic heterocycles. The molecule has 0 aromatic rings. The normalized spacial score (nSPS) is 11.0. The van der Waals surface area contributed by atoms with E-state index in [0.717, 1.165) is 5.92 Å². The van der Waals surface area contributed by atoms with Crippen LogP contribution in [0.2, 0.25) is 0 Å². The molecule has 0 amide bonds. The minimum atomic E-state index is 0.897. The van der Waals surface area contributed by atoms with E-state index in [1.165, 1.54) is 43.6 Å². The van der Waals surface area contributed by atoms with Crippen LogP contribution in [0.1, 0.15) is 52.9 Å². The van der Waals surface area contributed by atoms with Gasteiger partial charge in [-0.25, -0.2) is 0 Å². The van der Waals surface area contributed by atoms with Crippen LogP contribution in [0.3, 0.4) is 0 Å². The van der Waals surface area contributed by atoms with E-state index >= 15 is 0 Å². The summed E-state index contributed by atoms with van der Waals surface area (Å²) in [6.07, 6.45) is 7.05. The number of hydrogen-bond acceptors (Lipinski definition) is 1. The molecule has 0 rings (SSSR count). The third-order valence-electron chi connectivity index (χ3n) is 1.92. The summed E-state index contributed by atoms with van der Waals surface area (Å²) < 4.78 is 0. The quantitative estimate of drug-likeness (QED) is 0.510. The highest BCUT2D eigenvalue weighted by atomic mass is 32.2. The van der Waals surface area contributed by atoms with Crippen molar-refractivity contribution < 1.29 is 0 Å². The minimum absolute atomic E-state index is 0.897. The fraction of sp³-hybridized carbons (Fsp3) is 1.00. The van der Waals surface area contributed by atoms with Crippen molar-refractivity contribution in [2.45, 2.75) is 52.9 Å². The van der Waals surface area contributed by atoms with Gasteiger partial charge in [0.1, 0.15) is 0 Å². The maximum absolute atomic E-state index is 2.31. The van der Waals surface area contributed by atoms with Gasteiger partial charge in [-0.15, -0.1) is 0 Å². The van der Waals surface area contributed by atoms with Crippen molar-refractivity contribution >= 4 is 11.8 Å². The van der Waals surface area contributed by atoms with Crippen molar-refractivity contribution in [3.8, 4) is 0 Å². The van der Waals surface area contributed by atoms with Crippen LogP contribution in [-0.2, 0) is 0 Å². The first-order chi connectivity index (χ1) is 5.77. The van der Waals surface area contributed by atoms with Crippen molar-refractivity contribution in [3.63, 3.8) is 0 Å². The maximum atomic E-state index is 2.31. The first kappa shape index (κ1) is 12.3. The summed E-state index contributed by atoms with van der Waals surface area (Å²) in [5.41, 5.74) is 0. The second kappa shape index (κ2) is 9.44. The van der Waals surface area contributed by atoms with Crippen LogP contribution < -0.4 is 0 Å². The Bertz CT molecular complexity index is 79.1. The Hall–Kier alpha value is 0.350. The molecule has 0 atom stereocenters. The third kappa shape index (κ3) is 10.3. The summed E-state index contributed by atoms with van der Waals surface area (Å²) in [6, 6.07) is 0. The van der Waals surface area contributed by atoms with Gasteiger partial charge in [-0.1, -0.05) is 40.0 Å². The first-order valence-corrected chi connectivity index (χ1v) is 6.50. The van der Waals surface area contributed by atoms with Gasteiger partial charge in [0.15, 0.2) is 0 Å². The molecule has 0 spiro atoms. The monoisotopic (exact) mass is 188 g/mol. The lowest BCUT2D eigenvalue weighted by atomic mass is 10.1. The Morgan fingerprint density at radius 2 is 1.75 bits per heavy atom. The Morgan fingerprint density at radius 3 is 2.33 bits per heavy atom. The van der Waals surface area contributed by atoms with E-state index in [2.05, 4.69) is 32.5 Å². The minimum Gasteiger partial charge on any atom is -0.162 e. The van der Waals surface area contributed by atoms with Crippen molar-refractivity contribution in [2.75, 3.05) is 11.5 Å². The molecule has 0 fully saturated rings.